The first-order chi connectivity index (χ1) is 24.8. The lowest BCUT2D eigenvalue weighted by molar-refractivity contribution is -0.161. The molecule has 0 spiro atoms. The summed E-state index contributed by atoms with van der Waals surface area (Å²) >= 11 is 0. The molecule has 51 heavy (non-hydrogen) atoms. The van der Waals surface area contributed by atoms with Gasteiger partial charge < -0.3 is 24.8 Å². The molecule has 1 saturated heterocycles. The van der Waals surface area contributed by atoms with Gasteiger partial charge in [0.2, 0.25) is 0 Å². The molecule has 1 aliphatic rings. The lowest BCUT2D eigenvalue weighted by Gasteiger charge is -2.19. The lowest BCUT2D eigenvalue weighted by Crippen LogP contribution is -2.29. The highest BCUT2D eigenvalue weighted by Gasteiger charge is 2.36. The highest BCUT2D eigenvalue weighted by Crippen LogP contribution is 2.43. The van der Waals surface area contributed by atoms with E-state index in [9.17, 15) is 19.0 Å². The van der Waals surface area contributed by atoms with Crippen molar-refractivity contribution in [1.82, 2.24) is 0 Å². The molecule has 0 aromatic heterocycles. The number of carbonyl (C=O) groups is 2. The molecule has 0 bridgehead atoms. The van der Waals surface area contributed by atoms with E-state index in [0.717, 1.165) is 44.9 Å². The number of rotatable bonds is 36. The van der Waals surface area contributed by atoms with Crippen LogP contribution in [0.15, 0.2) is 36.5 Å². The van der Waals surface area contributed by atoms with Crippen LogP contribution in [0.3, 0.4) is 0 Å². The smallest absolute Gasteiger partial charge is 0.462 e. The minimum absolute atomic E-state index is 0.0427. The summed E-state index contributed by atoms with van der Waals surface area (Å²) in [6.45, 7) is 3.61. The van der Waals surface area contributed by atoms with E-state index in [1.54, 1.807) is 0 Å². The van der Waals surface area contributed by atoms with Gasteiger partial charge >= 0.3 is 19.8 Å². The summed E-state index contributed by atoms with van der Waals surface area (Å²) in [4.78, 5) is 34.7. The second kappa shape index (κ2) is 32.8. The number of nitrogens with two attached hydrogens (primary N) is 1. The molecule has 3 N–H and O–H groups in total. The normalized spacial score (nSPS) is 17.7. The summed E-state index contributed by atoms with van der Waals surface area (Å²) in [7, 11) is -4.39. The van der Waals surface area contributed by atoms with Crippen LogP contribution in [0, 0.1) is 0 Å². The Morgan fingerprint density at radius 1 is 0.686 bits per heavy atom. The molecule has 4 atom stereocenters. The average molecular weight is 742 g/mol. The molecule has 1 fully saturated rings. The number of hydrogen-bond acceptors (Lipinski definition) is 9. The van der Waals surface area contributed by atoms with Crippen LogP contribution in [0.25, 0.3) is 0 Å². The van der Waals surface area contributed by atoms with Crippen LogP contribution in [-0.2, 0) is 37.4 Å². The Hall–Kier alpha value is -1.81. The number of phosphoric acid groups is 1. The Morgan fingerprint density at radius 3 is 1.86 bits per heavy atom. The molecule has 11 heteroatoms. The zero-order valence-corrected chi connectivity index (χ0v) is 32.9. The third-order valence-electron chi connectivity index (χ3n) is 8.68. The molecular weight excluding hydrogens is 669 g/mol. The molecule has 296 valence electrons. The van der Waals surface area contributed by atoms with Crippen molar-refractivity contribution in [3.05, 3.63) is 36.5 Å². The van der Waals surface area contributed by atoms with E-state index in [-0.39, 0.29) is 32.6 Å². The maximum atomic E-state index is 12.5. The van der Waals surface area contributed by atoms with E-state index in [2.05, 4.69) is 44.2 Å². The van der Waals surface area contributed by atoms with Crippen LogP contribution in [0.1, 0.15) is 162 Å². The third-order valence-corrected chi connectivity index (χ3v) is 9.67. The maximum absolute atomic E-state index is 12.5. The van der Waals surface area contributed by atoms with Crippen LogP contribution in [0.2, 0.25) is 0 Å². The maximum Gasteiger partial charge on any atom is 0.472 e. The van der Waals surface area contributed by atoms with Gasteiger partial charge in [-0.2, -0.15) is 0 Å². The first-order valence-electron chi connectivity index (χ1n) is 20.1. The zero-order chi connectivity index (χ0) is 37.3. The van der Waals surface area contributed by atoms with Crippen molar-refractivity contribution in [1.29, 1.82) is 0 Å². The van der Waals surface area contributed by atoms with Gasteiger partial charge in [-0.25, -0.2) is 4.57 Å². The van der Waals surface area contributed by atoms with Crippen molar-refractivity contribution in [2.24, 2.45) is 5.73 Å². The molecule has 0 aliphatic carbocycles. The largest absolute Gasteiger partial charge is 0.472 e. The Kier molecular flexibility index (Phi) is 30.4. The van der Waals surface area contributed by atoms with Crippen molar-refractivity contribution >= 4 is 19.8 Å². The summed E-state index contributed by atoms with van der Waals surface area (Å²) in [5, 5.41) is 0. The fraction of sp³-hybridized carbons (Fsp3) is 0.800. The first-order valence-corrected chi connectivity index (χ1v) is 21.6. The Bertz CT molecular complexity index is 1000. The van der Waals surface area contributed by atoms with Gasteiger partial charge in [-0.1, -0.05) is 134 Å². The second-order valence-electron chi connectivity index (χ2n) is 13.5. The van der Waals surface area contributed by atoms with Gasteiger partial charge in [0.15, 0.2) is 6.10 Å². The quantitative estimate of drug-likeness (QED) is 0.0209. The molecule has 0 saturated carbocycles. The monoisotopic (exact) mass is 741 g/mol. The predicted octanol–water partition coefficient (Wildman–Crippen LogP) is 9.98. The summed E-state index contributed by atoms with van der Waals surface area (Å²) in [5.74, 6) is -0.900. The number of carbonyl (C=O) groups excluding carboxylic acids is 2. The van der Waals surface area contributed by atoms with Crippen LogP contribution in [0.4, 0.5) is 0 Å². The Labute approximate surface area is 309 Å². The predicted molar refractivity (Wildman–Crippen MR) is 205 cm³/mol. The van der Waals surface area contributed by atoms with Gasteiger partial charge in [0.05, 0.1) is 25.4 Å². The first kappa shape index (κ1) is 47.2. The number of esters is 2. The van der Waals surface area contributed by atoms with Gasteiger partial charge in [-0.05, 0) is 51.4 Å². The van der Waals surface area contributed by atoms with Crippen molar-refractivity contribution < 1.29 is 42.3 Å². The Morgan fingerprint density at radius 2 is 1.22 bits per heavy atom. The molecule has 1 rings (SSSR count). The molecule has 1 heterocycles. The van der Waals surface area contributed by atoms with Crippen LogP contribution < -0.4 is 5.73 Å². The molecule has 1 aliphatic heterocycles. The van der Waals surface area contributed by atoms with E-state index < -0.39 is 32.5 Å². The average Bonchev–Trinajstić information content (AvgIpc) is 3.87. The van der Waals surface area contributed by atoms with Gasteiger partial charge in [0.25, 0.3) is 0 Å². The van der Waals surface area contributed by atoms with Crippen molar-refractivity contribution in [3.63, 3.8) is 0 Å². The molecule has 0 aromatic rings. The topological polar surface area (TPSA) is 147 Å². The van der Waals surface area contributed by atoms with Crippen LogP contribution in [0.5, 0.6) is 0 Å². The van der Waals surface area contributed by atoms with Crippen LogP contribution >= 0.6 is 7.82 Å². The van der Waals surface area contributed by atoms with Crippen molar-refractivity contribution in [2.75, 3.05) is 26.4 Å². The summed E-state index contributed by atoms with van der Waals surface area (Å²) in [5.41, 5.74) is 5.33. The molecule has 0 amide bonds. The third kappa shape index (κ3) is 30.4. The number of phosphoric ester groups is 1. The van der Waals surface area contributed by atoms with Crippen molar-refractivity contribution in [2.45, 2.75) is 180 Å². The fourth-order valence-electron chi connectivity index (χ4n) is 5.55. The molecule has 10 nitrogen and oxygen atoms in total. The van der Waals surface area contributed by atoms with Gasteiger partial charge in [-0.3, -0.25) is 18.6 Å². The van der Waals surface area contributed by atoms with Gasteiger partial charge in [0.1, 0.15) is 6.61 Å². The molecule has 3 unspecified atom stereocenters. The number of hydrogen-bond donors (Lipinski definition) is 2. The minimum atomic E-state index is -4.39. The van der Waals surface area contributed by atoms with Gasteiger partial charge in [-0.15, -0.1) is 0 Å². The lowest BCUT2D eigenvalue weighted by atomic mass is 10.0. The number of allylic oxidation sites excluding steroid dienone is 4. The fourth-order valence-corrected chi connectivity index (χ4v) is 6.32. The van der Waals surface area contributed by atoms with E-state index in [0.29, 0.717) is 25.0 Å². The summed E-state index contributed by atoms with van der Waals surface area (Å²) in [6.07, 6.45) is 36.4. The Balaban J connectivity index is 2.25. The van der Waals surface area contributed by atoms with E-state index >= 15 is 0 Å². The summed E-state index contributed by atoms with van der Waals surface area (Å²) < 4.78 is 38.4. The van der Waals surface area contributed by atoms with E-state index in [1.165, 1.54) is 77.0 Å². The molecule has 0 aromatic carbocycles. The molecule has 0 radical (unpaired) electrons. The van der Waals surface area contributed by atoms with Crippen LogP contribution in [-0.4, -0.2) is 61.5 Å². The van der Waals surface area contributed by atoms with E-state index in [4.69, 9.17) is 29.0 Å². The summed E-state index contributed by atoms with van der Waals surface area (Å²) in [6, 6.07) is 0. The SMILES string of the molecule is CCCCC/C=C\CC1OC1C/C=C\C/C=C\CCCC(=O)O[C@H](COC(=O)CCCCCCCCCCCCCC)COP(=O)(O)OCCN. The highest BCUT2D eigenvalue weighted by molar-refractivity contribution is 7.47. The van der Waals surface area contributed by atoms with Gasteiger partial charge in [0, 0.05) is 19.4 Å². The number of unbranched alkanes of at least 4 members (excludes halogenated alkanes) is 15. The minimum Gasteiger partial charge on any atom is -0.462 e. The second-order valence-corrected chi connectivity index (χ2v) is 15.0. The highest BCUT2D eigenvalue weighted by atomic mass is 31.2. The zero-order valence-electron chi connectivity index (χ0n) is 32.0. The molecular formula is C40H72NO9P. The van der Waals surface area contributed by atoms with Crippen molar-refractivity contribution in [3.8, 4) is 0 Å². The number of ether oxygens (including phenoxy) is 3. The standard InChI is InChI=1S/C40H72NO9P/c1-3-5-7-9-11-12-13-14-15-18-22-26-30-39(42)46-34-36(35-48-51(44,45)47-33-32-41)49-40(43)31-27-23-19-16-17-21-25-29-38-37(50-38)28-24-20-10-8-6-4-2/h16,19-21,24-25,36-38H,3-15,17-18,22-23,26-35,41H2,1-2H3,(H,44,45)/b19-16-,24-20-,25-21-/t36-,37?,38?/m1/s1. The van der Waals surface area contributed by atoms with E-state index in [1.807, 2.05) is 6.08 Å². The number of epoxide rings is 1.